The van der Waals surface area contributed by atoms with Gasteiger partial charge in [0.2, 0.25) is 8.38 Å². The fraction of sp³-hybridized carbons (Fsp3) is 0.333. The fourth-order valence-corrected chi connectivity index (χ4v) is 1.36. The van der Waals surface area contributed by atoms with Crippen molar-refractivity contribution in [3.63, 3.8) is 0 Å². The molecule has 72 valence electrons. The van der Waals surface area contributed by atoms with E-state index in [4.69, 9.17) is 9.79 Å². The Bertz CT molecular complexity index is 279. The van der Waals surface area contributed by atoms with Gasteiger partial charge in [0.05, 0.1) is 0 Å². The molecule has 0 fully saturated rings. The lowest BCUT2D eigenvalue weighted by molar-refractivity contribution is 0.127. The normalized spacial score (nSPS) is 15.8. The molecular formula is C9H13O3P. The van der Waals surface area contributed by atoms with Gasteiger partial charge in [0.1, 0.15) is 0 Å². The van der Waals surface area contributed by atoms with E-state index < -0.39 is 13.7 Å². The van der Waals surface area contributed by atoms with Gasteiger partial charge in [-0.15, -0.1) is 0 Å². The highest BCUT2D eigenvalue weighted by atomic mass is 31.2. The van der Waals surface area contributed by atoms with Crippen molar-refractivity contribution in [3.05, 3.63) is 35.4 Å². The van der Waals surface area contributed by atoms with Crippen molar-refractivity contribution in [3.8, 4) is 0 Å². The molecule has 1 atom stereocenters. The standard InChI is InChI=1S/C9H13O3P/c1-7-3-5-8(6-4-7)9(2,10)13(11)12/h3-6,10-12H,1-2H3. The minimum atomic E-state index is -2.37. The fourth-order valence-electron chi connectivity index (χ4n) is 0.985. The zero-order valence-corrected chi connectivity index (χ0v) is 8.49. The molecule has 1 unspecified atom stereocenters. The maximum Gasteiger partial charge on any atom is 0.203 e. The molecule has 0 radical (unpaired) electrons. The van der Waals surface area contributed by atoms with E-state index in [1.54, 1.807) is 12.1 Å². The summed E-state index contributed by atoms with van der Waals surface area (Å²) in [6.07, 6.45) is 0. The van der Waals surface area contributed by atoms with Crippen molar-refractivity contribution in [1.82, 2.24) is 0 Å². The third-order valence-corrected chi connectivity index (χ3v) is 3.02. The van der Waals surface area contributed by atoms with Crippen LogP contribution in [-0.2, 0) is 5.34 Å². The topological polar surface area (TPSA) is 60.7 Å². The Kier molecular flexibility index (Phi) is 3.04. The lowest BCUT2D eigenvalue weighted by atomic mass is 10.1. The van der Waals surface area contributed by atoms with E-state index >= 15 is 0 Å². The maximum absolute atomic E-state index is 9.68. The molecule has 0 aliphatic heterocycles. The summed E-state index contributed by atoms with van der Waals surface area (Å²) in [6, 6.07) is 7.03. The van der Waals surface area contributed by atoms with Crippen LogP contribution in [0.25, 0.3) is 0 Å². The van der Waals surface area contributed by atoms with Crippen molar-refractivity contribution < 1.29 is 14.9 Å². The van der Waals surface area contributed by atoms with Gasteiger partial charge in [-0.2, -0.15) is 0 Å². The highest BCUT2D eigenvalue weighted by molar-refractivity contribution is 7.46. The van der Waals surface area contributed by atoms with E-state index in [1.807, 2.05) is 19.1 Å². The van der Waals surface area contributed by atoms with Gasteiger partial charge in [0.15, 0.2) is 5.34 Å². The Morgan fingerprint density at radius 1 is 1.15 bits per heavy atom. The van der Waals surface area contributed by atoms with Crippen molar-refractivity contribution in [2.45, 2.75) is 19.2 Å². The van der Waals surface area contributed by atoms with Crippen LogP contribution in [0.1, 0.15) is 18.1 Å². The first-order valence-electron chi connectivity index (χ1n) is 3.92. The lowest BCUT2D eigenvalue weighted by Crippen LogP contribution is -2.18. The first-order chi connectivity index (χ1) is 5.94. The van der Waals surface area contributed by atoms with Gasteiger partial charge in [0.25, 0.3) is 0 Å². The molecule has 13 heavy (non-hydrogen) atoms. The van der Waals surface area contributed by atoms with Crippen molar-refractivity contribution >= 4 is 8.38 Å². The van der Waals surface area contributed by atoms with Gasteiger partial charge in [-0.05, 0) is 19.4 Å². The molecule has 0 aromatic heterocycles. The van der Waals surface area contributed by atoms with Crippen LogP contribution < -0.4 is 0 Å². The quantitative estimate of drug-likeness (QED) is 0.633. The number of rotatable bonds is 2. The van der Waals surface area contributed by atoms with E-state index in [0.717, 1.165) is 5.56 Å². The van der Waals surface area contributed by atoms with Gasteiger partial charge < -0.3 is 14.9 Å². The molecule has 1 aromatic rings. The molecule has 0 aliphatic carbocycles. The summed E-state index contributed by atoms with van der Waals surface area (Å²) < 4.78 is 0. The Morgan fingerprint density at radius 2 is 1.62 bits per heavy atom. The molecule has 0 spiro atoms. The zero-order chi connectivity index (χ0) is 10.1. The van der Waals surface area contributed by atoms with Crippen molar-refractivity contribution in [2.75, 3.05) is 0 Å². The van der Waals surface area contributed by atoms with E-state index in [1.165, 1.54) is 6.92 Å². The number of aryl methyl sites for hydroxylation is 1. The molecule has 0 saturated carbocycles. The zero-order valence-electron chi connectivity index (χ0n) is 7.60. The molecule has 4 heteroatoms. The van der Waals surface area contributed by atoms with Gasteiger partial charge in [-0.3, -0.25) is 0 Å². The molecule has 0 saturated heterocycles. The molecule has 0 aliphatic rings. The van der Waals surface area contributed by atoms with Gasteiger partial charge in [-0.25, -0.2) is 0 Å². The highest BCUT2D eigenvalue weighted by Crippen LogP contribution is 2.47. The third kappa shape index (κ3) is 2.26. The second-order valence-electron chi connectivity index (χ2n) is 3.18. The van der Waals surface area contributed by atoms with Crippen LogP contribution in [0, 0.1) is 6.92 Å². The summed E-state index contributed by atoms with van der Waals surface area (Å²) >= 11 is 0. The Hall–Kier alpha value is -0.470. The first kappa shape index (κ1) is 10.6. The van der Waals surface area contributed by atoms with Gasteiger partial charge in [0, 0.05) is 0 Å². The van der Waals surface area contributed by atoms with Crippen molar-refractivity contribution in [1.29, 1.82) is 0 Å². The summed E-state index contributed by atoms with van der Waals surface area (Å²) in [6.45, 7) is 3.32. The van der Waals surface area contributed by atoms with E-state index in [9.17, 15) is 5.11 Å². The lowest BCUT2D eigenvalue weighted by Gasteiger charge is -2.24. The molecule has 1 rings (SSSR count). The largest absolute Gasteiger partial charge is 0.376 e. The van der Waals surface area contributed by atoms with Gasteiger partial charge in [-0.1, -0.05) is 29.8 Å². The van der Waals surface area contributed by atoms with Crippen LogP contribution in [-0.4, -0.2) is 14.9 Å². The van der Waals surface area contributed by atoms with Crippen LogP contribution in [0.3, 0.4) is 0 Å². The first-order valence-corrected chi connectivity index (χ1v) is 5.17. The van der Waals surface area contributed by atoms with Crippen LogP contribution in [0.5, 0.6) is 0 Å². The molecule has 3 N–H and O–H groups in total. The van der Waals surface area contributed by atoms with E-state index in [0.29, 0.717) is 5.56 Å². The summed E-state index contributed by atoms with van der Waals surface area (Å²) in [5, 5.41) is 8.14. The average Bonchev–Trinajstić information content (AvgIpc) is 2.04. The van der Waals surface area contributed by atoms with Crippen LogP contribution in [0.2, 0.25) is 0 Å². The average molecular weight is 200 g/mol. The predicted molar refractivity (Wildman–Crippen MR) is 52.1 cm³/mol. The number of hydrogen-bond acceptors (Lipinski definition) is 3. The summed E-state index contributed by atoms with van der Waals surface area (Å²) in [5.74, 6) is 0. The van der Waals surface area contributed by atoms with Crippen LogP contribution in [0.4, 0.5) is 0 Å². The third-order valence-electron chi connectivity index (χ3n) is 1.99. The molecule has 0 heterocycles. The Morgan fingerprint density at radius 3 is 2.00 bits per heavy atom. The number of aliphatic hydroxyl groups is 1. The van der Waals surface area contributed by atoms with Crippen LogP contribution in [0.15, 0.2) is 24.3 Å². The summed E-state index contributed by atoms with van der Waals surface area (Å²) in [7, 11) is -2.37. The van der Waals surface area contributed by atoms with Crippen molar-refractivity contribution in [2.24, 2.45) is 0 Å². The molecule has 0 bridgehead atoms. The smallest absolute Gasteiger partial charge is 0.203 e. The Labute approximate surface area is 78.6 Å². The molecular weight excluding hydrogens is 187 g/mol. The predicted octanol–water partition coefficient (Wildman–Crippen LogP) is 1.46. The second-order valence-corrected chi connectivity index (χ2v) is 4.63. The highest BCUT2D eigenvalue weighted by Gasteiger charge is 2.31. The minimum absolute atomic E-state index is 0.522. The molecule has 3 nitrogen and oxygen atoms in total. The number of hydrogen-bond donors (Lipinski definition) is 3. The summed E-state index contributed by atoms with van der Waals surface area (Å²) in [5.41, 5.74) is 1.59. The monoisotopic (exact) mass is 200 g/mol. The molecule has 0 amide bonds. The van der Waals surface area contributed by atoms with E-state index in [-0.39, 0.29) is 0 Å². The van der Waals surface area contributed by atoms with Crippen LogP contribution >= 0.6 is 8.38 Å². The summed E-state index contributed by atoms with van der Waals surface area (Å²) in [4.78, 5) is 17.9. The minimum Gasteiger partial charge on any atom is -0.376 e. The van der Waals surface area contributed by atoms with E-state index in [2.05, 4.69) is 0 Å². The Balaban J connectivity index is 3.01. The SMILES string of the molecule is Cc1ccc(C(C)(O)P(O)O)cc1. The maximum atomic E-state index is 9.68. The van der Waals surface area contributed by atoms with Gasteiger partial charge >= 0.3 is 0 Å². The number of benzene rings is 1. The second kappa shape index (κ2) is 3.72. The molecule has 1 aromatic carbocycles.